The van der Waals surface area contributed by atoms with Crippen LogP contribution in [0.2, 0.25) is 0 Å². The first-order chi connectivity index (χ1) is 16.0. The van der Waals surface area contributed by atoms with E-state index in [1.165, 1.54) is 5.56 Å². The lowest BCUT2D eigenvalue weighted by atomic mass is 10.1. The van der Waals surface area contributed by atoms with Crippen LogP contribution in [0, 0.1) is 0 Å². The highest BCUT2D eigenvalue weighted by Gasteiger charge is 2.13. The highest BCUT2D eigenvalue weighted by molar-refractivity contribution is 7.27. The molecule has 1 aromatic heterocycles. The molecule has 0 aliphatic heterocycles. The average molecular weight is 468 g/mol. The molecular formula is C26H34N3O3P. The normalized spacial score (nSPS) is 11.2. The summed E-state index contributed by atoms with van der Waals surface area (Å²) in [5, 5.41) is 4.14. The molecule has 0 radical (unpaired) electrons. The summed E-state index contributed by atoms with van der Waals surface area (Å²) in [4.78, 5) is 16.6. The van der Waals surface area contributed by atoms with Crippen molar-refractivity contribution in [3.05, 3.63) is 83.8 Å². The van der Waals surface area contributed by atoms with Crippen molar-refractivity contribution in [2.45, 2.75) is 19.6 Å². The maximum Gasteiger partial charge on any atom is 0.234 e. The molecule has 1 amide bonds. The first kappa shape index (κ1) is 25.0. The minimum atomic E-state index is 0.0248. The van der Waals surface area contributed by atoms with Crippen molar-refractivity contribution >= 4 is 20.5 Å². The number of hydrogen-bond acceptors (Lipinski definition) is 5. The fourth-order valence-corrected chi connectivity index (χ4v) is 3.77. The van der Waals surface area contributed by atoms with Crippen LogP contribution in [-0.2, 0) is 24.4 Å². The molecule has 7 heteroatoms. The number of nitrogens with zero attached hydrogens (tertiary/aromatic N) is 2. The van der Waals surface area contributed by atoms with Gasteiger partial charge in [0.25, 0.3) is 0 Å². The van der Waals surface area contributed by atoms with Crippen LogP contribution in [-0.4, -0.2) is 56.0 Å². The molecule has 0 aliphatic carbocycles. The van der Waals surface area contributed by atoms with Gasteiger partial charge in [0.2, 0.25) is 5.91 Å². The van der Waals surface area contributed by atoms with Crippen molar-refractivity contribution in [3.63, 3.8) is 0 Å². The Labute approximate surface area is 199 Å². The van der Waals surface area contributed by atoms with Crippen molar-refractivity contribution in [2.24, 2.45) is 0 Å². The minimum absolute atomic E-state index is 0.0248. The third kappa shape index (κ3) is 9.39. The van der Waals surface area contributed by atoms with E-state index in [0.717, 1.165) is 41.9 Å². The number of likely N-dealkylation sites (N-methyl/N-ethyl adjacent to an activating group) is 1. The van der Waals surface area contributed by atoms with Gasteiger partial charge in [0.1, 0.15) is 18.1 Å². The smallest absolute Gasteiger partial charge is 0.234 e. The van der Waals surface area contributed by atoms with Crippen LogP contribution in [0.1, 0.15) is 16.9 Å². The van der Waals surface area contributed by atoms with Gasteiger partial charge in [-0.2, -0.15) is 0 Å². The number of rotatable bonds is 13. The summed E-state index contributed by atoms with van der Waals surface area (Å²) < 4.78 is 11.5. The predicted octanol–water partition coefficient (Wildman–Crippen LogP) is 3.08. The quantitative estimate of drug-likeness (QED) is 0.392. The Bertz CT molecular complexity index is 992. The molecule has 1 atom stereocenters. The summed E-state index contributed by atoms with van der Waals surface area (Å²) >= 11 is 0. The van der Waals surface area contributed by atoms with Crippen LogP contribution in [0.25, 0.3) is 0 Å². The summed E-state index contributed by atoms with van der Waals surface area (Å²) in [6, 6.07) is 20.2. The Morgan fingerprint density at radius 1 is 1.03 bits per heavy atom. The van der Waals surface area contributed by atoms with Crippen molar-refractivity contribution in [2.75, 3.05) is 40.3 Å². The molecule has 0 saturated heterocycles. The van der Waals surface area contributed by atoms with Gasteiger partial charge in [-0.1, -0.05) is 30.3 Å². The third-order valence-electron chi connectivity index (χ3n) is 5.18. The van der Waals surface area contributed by atoms with Gasteiger partial charge in [-0.05, 0) is 67.3 Å². The van der Waals surface area contributed by atoms with Crippen LogP contribution in [0.15, 0.2) is 71.3 Å². The molecule has 1 heterocycles. The SMILES string of the molecule is CN(C)CCNC(=O)CN(CCc1cccc(OCc2cccc(P)c2)c1)Cc1ccco1. The maximum atomic E-state index is 12.4. The maximum absolute atomic E-state index is 12.4. The van der Waals surface area contributed by atoms with E-state index in [1.807, 2.05) is 55.4 Å². The zero-order valence-electron chi connectivity index (χ0n) is 19.5. The summed E-state index contributed by atoms with van der Waals surface area (Å²) in [7, 11) is 6.70. The van der Waals surface area contributed by atoms with Crippen LogP contribution in [0.3, 0.4) is 0 Å². The number of benzene rings is 2. The lowest BCUT2D eigenvalue weighted by Gasteiger charge is -2.21. The van der Waals surface area contributed by atoms with Gasteiger partial charge in [-0.25, -0.2) is 0 Å². The van der Waals surface area contributed by atoms with Crippen molar-refractivity contribution < 1.29 is 13.9 Å². The Hall–Kier alpha value is -2.66. The summed E-state index contributed by atoms with van der Waals surface area (Å²) in [5.74, 6) is 1.72. The average Bonchev–Trinajstić information content (AvgIpc) is 3.29. The topological polar surface area (TPSA) is 58.0 Å². The largest absolute Gasteiger partial charge is 0.489 e. The number of amides is 1. The monoisotopic (exact) mass is 467 g/mol. The second kappa shape index (κ2) is 13.1. The molecule has 2 aromatic carbocycles. The van der Waals surface area contributed by atoms with Crippen LogP contribution >= 0.6 is 9.24 Å². The molecule has 0 spiro atoms. The summed E-state index contributed by atoms with van der Waals surface area (Å²) in [6.45, 7) is 3.65. The van der Waals surface area contributed by atoms with Crippen molar-refractivity contribution in [1.29, 1.82) is 0 Å². The molecule has 0 aliphatic rings. The van der Waals surface area contributed by atoms with E-state index >= 15 is 0 Å². The number of carbonyl (C=O) groups excluding carboxylic acids is 1. The van der Waals surface area contributed by atoms with E-state index in [4.69, 9.17) is 9.15 Å². The standard InChI is InChI=1S/C26H34N3O3P/c1-28(2)14-12-27-26(30)19-29(18-24-9-5-15-31-24)13-11-21-6-3-8-23(16-21)32-20-22-7-4-10-25(33)17-22/h3-10,15-17H,11-14,18-20,33H2,1-2H3,(H,27,30). The van der Waals surface area contributed by atoms with E-state index in [1.54, 1.807) is 6.26 Å². The fraction of sp³-hybridized carbons (Fsp3) is 0.346. The number of carbonyl (C=O) groups is 1. The highest BCUT2D eigenvalue weighted by atomic mass is 31.0. The molecule has 0 fully saturated rings. The van der Waals surface area contributed by atoms with Crippen molar-refractivity contribution in [3.8, 4) is 5.75 Å². The van der Waals surface area contributed by atoms with Crippen molar-refractivity contribution in [1.82, 2.24) is 15.1 Å². The van der Waals surface area contributed by atoms with Gasteiger partial charge in [-0.15, -0.1) is 9.24 Å². The van der Waals surface area contributed by atoms with Gasteiger partial charge in [0.15, 0.2) is 0 Å². The predicted molar refractivity (Wildman–Crippen MR) is 136 cm³/mol. The number of nitrogens with one attached hydrogen (secondary N) is 1. The third-order valence-corrected chi connectivity index (χ3v) is 5.54. The Balaban J connectivity index is 1.55. The highest BCUT2D eigenvalue weighted by Crippen LogP contribution is 2.16. The van der Waals surface area contributed by atoms with Gasteiger partial charge < -0.3 is 19.4 Å². The van der Waals surface area contributed by atoms with Crippen LogP contribution < -0.4 is 15.4 Å². The molecule has 1 N–H and O–H groups in total. The molecule has 0 saturated carbocycles. The Morgan fingerprint density at radius 2 is 1.85 bits per heavy atom. The summed E-state index contributed by atoms with van der Waals surface area (Å²) in [6.07, 6.45) is 2.47. The summed E-state index contributed by atoms with van der Waals surface area (Å²) in [5.41, 5.74) is 2.31. The van der Waals surface area contributed by atoms with Crippen LogP contribution in [0.5, 0.6) is 5.75 Å². The van der Waals surface area contributed by atoms with E-state index in [-0.39, 0.29) is 5.91 Å². The second-order valence-corrected chi connectivity index (χ2v) is 9.04. The Morgan fingerprint density at radius 3 is 2.61 bits per heavy atom. The number of furan rings is 1. The fourth-order valence-electron chi connectivity index (χ4n) is 3.44. The van der Waals surface area contributed by atoms with Gasteiger partial charge in [-0.3, -0.25) is 9.69 Å². The second-order valence-electron chi connectivity index (χ2n) is 8.37. The van der Waals surface area contributed by atoms with E-state index in [9.17, 15) is 4.79 Å². The molecule has 3 aromatic rings. The minimum Gasteiger partial charge on any atom is -0.489 e. The van der Waals surface area contributed by atoms with Crippen LogP contribution in [0.4, 0.5) is 0 Å². The van der Waals surface area contributed by atoms with E-state index in [0.29, 0.717) is 26.2 Å². The molecule has 1 unspecified atom stereocenters. The van der Waals surface area contributed by atoms with Gasteiger partial charge in [0, 0.05) is 19.6 Å². The zero-order chi connectivity index (χ0) is 23.5. The zero-order valence-corrected chi connectivity index (χ0v) is 20.7. The first-order valence-electron chi connectivity index (χ1n) is 11.2. The molecule has 3 rings (SSSR count). The lowest BCUT2D eigenvalue weighted by Crippen LogP contribution is -2.40. The molecule has 33 heavy (non-hydrogen) atoms. The van der Waals surface area contributed by atoms with Gasteiger partial charge >= 0.3 is 0 Å². The number of hydrogen-bond donors (Lipinski definition) is 1. The van der Waals surface area contributed by atoms with E-state index in [2.05, 4.69) is 43.7 Å². The molecule has 0 bridgehead atoms. The Kier molecular flexibility index (Phi) is 9.95. The van der Waals surface area contributed by atoms with E-state index < -0.39 is 0 Å². The molecular weight excluding hydrogens is 433 g/mol. The molecule has 176 valence electrons. The lowest BCUT2D eigenvalue weighted by molar-refractivity contribution is -0.122. The molecule has 6 nitrogen and oxygen atoms in total. The van der Waals surface area contributed by atoms with Gasteiger partial charge in [0.05, 0.1) is 19.4 Å². The number of ether oxygens (including phenoxy) is 1. The first-order valence-corrected chi connectivity index (χ1v) is 11.8.